The molecule has 1 saturated heterocycles. The lowest BCUT2D eigenvalue weighted by atomic mass is 10.2. The number of likely N-dealkylation sites (tertiary alicyclic amines) is 1. The van der Waals surface area contributed by atoms with Gasteiger partial charge in [0.05, 0.1) is 11.2 Å². The first kappa shape index (κ1) is 14.0. The molecule has 0 aliphatic carbocycles. The van der Waals surface area contributed by atoms with Crippen LogP contribution in [0.25, 0.3) is 0 Å². The van der Waals surface area contributed by atoms with Crippen molar-refractivity contribution in [3.63, 3.8) is 0 Å². The van der Waals surface area contributed by atoms with Crippen LogP contribution in [0.5, 0.6) is 5.75 Å². The van der Waals surface area contributed by atoms with Gasteiger partial charge in [-0.05, 0) is 24.6 Å². The van der Waals surface area contributed by atoms with Gasteiger partial charge in [-0.2, -0.15) is 0 Å². The number of rotatable bonds is 4. The Bertz CT molecular complexity index is 615. The number of amides is 1. The van der Waals surface area contributed by atoms with Gasteiger partial charge < -0.3 is 15.4 Å². The Morgan fingerprint density at radius 3 is 3.14 bits per heavy atom. The van der Waals surface area contributed by atoms with Crippen LogP contribution in [0.3, 0.4) is 0 Å². The molecule has 0 bridgehead atoms. The minimum atomic E-state index is 0.0158. The predicted octanol–water partition coefficient (Wildman–Crippen LogP) is 1.90. The highest BCUT2D eigenvalue weighted by atomic mass is 32.1. The topological polar surface area (TPSA) is 68.5 Å². The number of hydrogen-bond donors (Lipinski definition) is 1. The van der Waals surface area contributed by atoms with Crippen molar-refractivity contribution >= 4 is 17.2 Å². The summed E-state index contributed by atoms with van der Waals surface area (Å²) in [4.78, 5) is 18.3. The van der Waals surface area contributed by atoms with E-state index in [0.717, 1.165) is 18.7 Å². The molecule has 1 aliphatic heterocycles. The van der Waals surface area contributed by atoms with Crippen molar-refractivity contribution in [3.05, 3.63) is 46.4 Å². The molecular weight excluding hydrogens is 286 g/mol. The van der Waals surface area contributed by atoms with Gasteiger partial charge in [0.25, 0.3) is 5.91 Å². The summed E-state index contributed by atoms with van der Waals surface area (Å²) >= 11 is 1.54. The van der Waals surface area contributed by atoms with Crippen molar-refractivity contribution in [2.75, 3.05) is 13.1 Å². The zero-order chi connectivity index (χ0) is 14.7. The second-order valence-electron chi connectivity index (χ2n) is 5.10. The number of carbonyl (C=O) groups is 1. The largest absolute Gasteiger partial charge is 0.487 e. The van der Waals surface area contributed by atoms with E-state index in [1.807, 2.05) is 23.6 Å². The maximum atomic E-state index is 12.4. The number of benzene rings is 1. The van der Waals surface area contributed by atoms with E-state index in [4.69, 9.17) is 10.5 Å². The summed E-state index contributed by atoms with van der Waals surface area (Å²) in [5, 5.41) is 1.95. The lowest BCUT2D eigenvalue weighted by Gasteiger charge is -2.16. The molecule has 1 aliphatic rings. The lowest BCUT2D eigenvalue weighted by Crippen LogP contribution is -2.31. The van der Waals surface area contributed by atoms with E-state index in [-0.39, 0.29) is 11.9 Å². The van der Waals surface area contributed by atoms with Gasteiger partial charge in [0.15, 0.2) is 0 Å². The van der Waals surface area contributed by atoms with E-state index >= 15 is 0 Å². The molecule has 0 unspecified atom stereocenters. The smallest absolute Gasteiger partial charge is 0.254 e. The summed E-state index contributed by atoms with van der Waals surface area (Å²) in [5.74, 6) is 0.694. The number of nitrogens with zero attached hydrogens (tertiary/aromatic N) is 2. The number of carbonyl (C=O) groups excluding carboxylic acids is 1. The second kappa shape index (κ2) is 6.24. The molecule has 5 nitrogen and oxygen atoms in total. The van der Waals surface area contributed by atoms with E-state index in [0.29, 0.717) is 24.5 Å². The van der Waals surface area contributed by atoms with Crippen LogP contribution in [0.1, 0.15) is 22.5 Å². The molecule has 1 aromatic heterocycles. The third-order valence-electron chi connectivity index (χ3n) is 3.46. The standard InChI is InChI=1S/C15H17N3O2S/c16-12-4-5-18(7-12)15(19)11-2-1-3-14(6-11)20-8-13-9-21-10-17-13/h1-3,6,9-10,12H,4-5,7-8,16H2/t12-/m0/s1. The molecule has 1 amide bonds. The van der Waals surface area contributed by atoms with E-state index in [9.17, 15) is 4.79 Å². The third kappa shape index (κ3) is 3.40. The zero-order valence-corrected chi connectivity index (χ0v) is 12.4. The van der Waals surface area contributed by atoms with Gasteiger partial charge in [-0.25, -0.2) is 4.98 Å². The highest BCUT2D eigenvalue weighted by molar-refractivity contribution is 7.07. The minimum Gasteiger partial charge on any atom is -0.487 e. The van der Waals surface area contributed by atoms with Crippen LogP contribution >= 0.6 is 11.3 Å². The first-order chi connectivity index (χ1) is 10.2. The number of ether oxygens (including phenoxy) is 1. The van der Waals surface area contributed by atoms with Gasteiger partial charge in [0.1, 0.15) is 12.4 Å². The van der Waals surface area contributed by atoms with E-state index in [1.165, 1.54) is 11.3 Å². The molecule has 110 valence electrons. The Hall–Kier alpha value is -1.92. The normalized spacial score (nSPS) is 18.0. The molecule has 2 heterocycles. The first-order valence-corrected chi connectivity index (χ1v) is 7.81. The Balaban J connectivity index is 1.66. The second-order valence-corrected chi connectivity index (χ2v) is 5.81. The van der Waals surface area contributed by atoms with Crippen molar-refractivity contribution < 1.29 is 9.53 Å². The molecule has 21 heavy (non-hydrogen) atoms. The summed E-state index contributed by atoms with van der Waals surface area (Å²) in [6.07, 6.45) is 0.867. The molecular formula is C15H17N3O2S. The minimum absolute atomic E-state index is 0.0158. The highest BCUT2D eigenvalue weighted by Gasteiger charge is 2.24. The lowest BCUT2D eigenvalue weighted by molar-refractivity contribution is 0.0790. The Kier molecular flexibility index (Phi) is 4.17. The maximum Gasteiger partial charge on any atom is 0.254 e. The SMILES string of the molecule is N[C@H]1CCN(C(=O)c2cccc(OCc3cscn3)c2)C1. The number of thiazole rings is 1. The average molecular weight is 303 g/mol. The third-order valence-corrected chi connectivity index (χ3v) is 4.10. The maximum absolute atomic E-state index is 12.4. The van der Waals surface area contributed by atoms with Crippen LogP contribution in [-0.4, -0.2) is 34.9 Å². The molecule has 0 saturated carbocycles. The molecule has 6 heteroatoms. The Morgan fingerprint density at radius 2 is 2.43 bits per heavy atom. The molecule has 2 aromatic rings. The first-order valence-electron chi connectivity index (χ1n) is 6.87. The highest BCUT2D eigenvalue weighted by Crippen LogP contribution is 2.18. The van der Waals surface area contributed by atoms with Gasteiger partial charge in [-0.1, -0.05) is 6.07 Å². The number of hydrogen-bond acceptors (Lipinski definition) is 5. The molecule has 0 radical (unpaired) electrons. The Labute approximate surface area is 127 Å². The number of nitrogens with two attached hydrogens (primary N) is 1. The van der Waals surface area contributed by atoms with Crippen LogP contribution in [-0.2, 0) is 6.61 Å². The van der Waals surface area contributed by atoms with Gasteiger partial charge in [0, 0.05) is 30.1 Å². The Morgan fingerprint density at radius 1 is 1.52 bits per heavy atom. The number of aromatic nitrogens is 1. The van der Waals surface area contributed by atoms with Crippen molar-refractivity contribution in [3.8, 4) is 5.75 Å². The summed E-state index contributed by atoms with van der Waals surface area (Å²) in [6, 6.07) is 7.36. The van der Waals surface area contributed by atoms with Crippen molar-refractivity contribution in [1.29, 1.82) is 0 Å². The van der Waals surface area contributed by atoms with Gasteiger partial charge in [0.2, 0.25) is 0 Å². The van der Waals surface area contributed by atoms with E-state index in [2.05, 4.69) is 4.98 Å². The average Bonchev–Trinajstić information content (AvgIpc) is 3.16. The van der Waals surface area contributed by atoms with E-state index in [1.54, 1.807) is 16.5 Å². The summed E-state index contributed by atoms with van der Waals surface area (Å²) in [7, 11) is 0. The van der Waals surface area contributed by atoms with Crippen molar-refractivity contribution in [2.45, 2.75) is 19.1 Å². The summed E-state index contributed by atoms with van der Waals surface area (Å²) in [6.45, 7) is 1.77. The molecule has 1 atom stereocenters. The van der Waals surface area contributed by atoms with Crippen LogP contribution in [0.15, 0.2) is 35.2 Å². The van der Waals surface area contributed by atoms with Gasteiger partial charge >= 0.3 is 0 Å². The molecule has 2 N–H and O–H groups in total. The van der Waals surface area contributed by atoms with Crippen molar-refractivity contribution in [2.24, 2.45) is 5.73 Å². The van der Waals surface area contributed by atoms with Gasteiger partial charge in [-0.15, -0.1) is 11.3 Å². The quantitative estimate of drug-likeness (QED) is 0.936. The molecule has 1 aromatic carbocycles. The van der Waals surface area contributed by atoms with Crippen molar-refractivity contribution in [1.82, 2.24) is 9.88 Å². The molecule has 3 rings (SSSR count). The van der Waals surface area contributed by atoms with Crippen LogP contribution in [0.2, 0.25) is 0 Å². The predicted molar refractivity (Wildman–Crippen MR) is 81.4 cm³/mol. The summed E-state index contributed by atoms with van der Waals surface area (Å²) in [5.41, 5.74) is 9.15. The monoisotopic (exact) mass is 303 g/mol. The van der Waals surface area contributed by atoms with E-state index < -0.39 is 0 Å². The van der Waals surface area contributed by atoms with Crippen LogP contribution in [0.4, 0.5) is 0 Å². The molecule has 1 fully saturated rings. The fraction of sp³-hybridized carbons (Fsp3) is 0.333. The fourth-order valence-electron chi connectivity index (χ4n) is 2.34. The van der Waals surface area contributed by atoms with Crippen LogP contribution < -0.4 is 10.5 Å². The molecule has 0 spiro atoms. The van der Waals surface area contributed by atoms with Gasteiger partial charge in [-0.3, -0.25) is 4.79 Å². The van der Waals surface area contributed by atoms with Crippen LogP contribution in [0, 0.1) is 0 Å². The zero-order valence-electron chi connectivity index (χ0n) is 11.6. The fourth-order valence-corrected chi connectivity index (χ4v) is 2.88. The summed E-state index contributed by atoms with van der Waals surface area (Å²) < 4.78 is 5.67.